The number of para-hydroxylation sites is 1. The van der Waals surface area contributed by atoms with Crippen molar-refractivity contribution >= 4 is 27.2 Å². The average Bonchev–Trinajstić information content (AvgIpc) is 3.52. The third kappa shape index (κ3) is 1.92. The molecule has 0 amide bonds. The van der Waals surface area contributed by atoms with Crippen molar-refractivity contribution in [3.8, 4) is 22.3 Å². The molecule has 0 bridgehead atoms. The van der Waals surface area contributed by atoms with Crippen molar-refractivity contribution in [2.24, 2.45) is 0 Å². The van der Waals surface area contributed by atoms with Crippen molar-refractivity contribution < 1.29 is 0 Å². The van der Waals surface area contributed by atoms with E-state index in [1.807, 2.05) is 0 Å². The molecule has 1 nitrogen and oxygen atoms in total. The van der Waals surface area contributed by atoms with E-state index in [0.29, 0.717) is 0 Å². The second-order valence-corrected chi connectivity index (χ2v) is 8.97. The van der Waals surface area contributed by atoms with Gasteiger partial charge in [-0.1, -0.05) is 60.7 Å². The molecule has 2 aliphatic carbocycles. The first-order valence-corrected chi connectivity index (χ1v) is 11.0. The van der Waals surface area contributed by atoms with Gasteiger partial charge in [0.1, 0.15) is 0 Å². The minimum absolute atomic E-state index is 1.02. The minimum atomic E-state index is 1.02. The van der Waals surface area contributed by atoms with E-state index in [2.05, 4.69) is 95.5 Å². The topological polar surface area (TPSA) is 4.41 Å². The van der Waals surface area contributed by atoms with Gasteiger partial charge in [0.25, 0.3) is 0 Å². The van der Waals surface area contributed by atoms with Crippen LogP contribution >= 0.6 is 0 Å². The zero-order chi connectivity index (χ0) is 20.1. The van der Waals surface area contributed by atoms with E-state index in [1.54, 1.807) is 0 Å². The Bertz CT molecular complexity index is 1730. The van der Waals surface area contributed by atoms with E-state index in [9.17, 15) is 0 Å². The summed E-state index contributed by atoms with van der Waals surface area (Å²) >= 11 is 0. The van der Waals surface area contributed by atoms with Crippen LogP contribution < -0.4 is 0 Å². The minimum Gasteiger partial charge on any atom is -0.316 e. The Labute approximate surface area is 180 Å². The van der Waals surface area contributed by atoms with Crippen LogP contribution in [0.3, 0.4) is 0 Å². The standard InChI is InChI=1S/C30H19N/c1-2-7-21-18(6-1)14-19-15-20-16-27-22(26(20)17-25(19)21)11-12-24-23-8-3-4-9-28(23)31-13-5-10-29(31)30(24)27/h1-13,15,17H,14,16H2. The molecule has 0 spiro atoms. The number of hydrogen-bond donors (Lipinski definition) is 0. The second kappa shape index (κ2) is 5.44. The molecule has 0 radical (unpaired) electrons. The van der Waals surface area contributed by atoms with Crippen LogP contribution in [0.15, 0.2) is 91.1 Å². The summed E-state index contributed by atoms with van der Waals surface area (Å²) in [7, 11) is 0. The van der Waals surface area contributed by atoms with Crippen LogP contribution in [0.25, 0.3) is 49.4 Å². The van der Waals surface area contributed by atoms with Gasteiger partial charge in [0.2, 0.25) is 0 Å². The molecule has 2 aliphatic rings. The molecular weight excluding hydrogens is 374 g/mol. The van der Waals surface area contributed by atoms with Gasteiger partial charge in [-0.15, -0.1) is 0 Å². The highest BCUT2D eigenvalue weighted by molar-refractivity contribution is 6.16. The summed E-state index contributed by atoms with van der Waals surface area (Å²) in [4.78, 5) is 0. The maximum absolute atomic E-state index is 2.48. The Hall–Kier alpha value is -3.84. The first-order chi connectivity index (χ1) is 15.4. The Balaban J connectivity index is 1.46. The van der Waals surface area contributed by atoms with Crippen molar-refractivity contribution in [1.29, 1.82) is 0 Å². The van der Waals surface area contributed by atoms with Gasteiger partial charge in [0.05, 0.1) is 11.0 Å². The molecular formula is C30H19N. The van der Waals surface area contributed by atoms with Crippen LogP contribution in [0.1, 0.15) is 22.3 Å². The van der Waals surface area contributed by atoms with Crippen LogP contribution in [0, 0.1) is 0 Å². The number of rotatable bonds is 0. The summed E-state index contributed by atoms with van der Waals surface area (Å²) in [5.41, 5.74) is 14.2. The molecule has 1 heteroatoms. The molecule has 0 aliphatic heterocycles. The smallest absolute Gasteiger partial charge is 0.0538 e. The van der Waals surface area contributed by atoms with Crippen LogP contribution in [-0.2, 0) is 12.8 Å². The molecule has 8 rings (SSSR count). The van der Waals surface area contributed by atoms with Gasteiger partial charge in [-0.3, -0.25) is 0 Å². The number of hydrogen-bond acceptors (Lipinski definition) is 0. The zero-order valence-electron chi connectivity index (χ0n) is 17.0. The molecule has 0 saturated carbocycles. The van der Waals surface area contributed by atoms with Gasteiger partial charge < -0.3 is 4.40 Å². The lowest BCUT2D eigenvalue weighted by atomic mass is 9.95. The predicted molar refractivity (Wildman–Crippen MR) is 129 cm³/mol. The summed E-state index contributed by atoms with van der Waals surface area (Å²) in [5.74, 6) is 0. The molecule has 6 aromatic rings. The van der Waals surface area contributed by atoms with Crippen LogP contribution in [0.5, 0.6) is 0 Å². The fourth-order valence-corrected chi connectivity index (χ4v) is 6.13. The Morgan fingerprint density at radius 2 is 1.32 bits per heavy atom. The molecule has 0 unspecified atom stereocenters. The summed E-state index contributed by atoms with van der Waals surface area (Å²) in [6.45, 7) is 0. The van der Waals surface area contributed by atoms with Crippen molar-refractivity contribution in [3.63, 3.8) is 0 Å². The normalized spacial score (nSPS) is 13.5. The van der Waals surface area contributed by atoms with Crippen molar-refractivity contribution in [2.75, 3.05) is 0 Å². The Morgan fingerprint density at radius 1 is 0.516 bits per heavy atom. The first kappa shape index (κ1) is 15.9. The SMILES string of the molecule is c1ccc2c(c1)Cc1cc3c(cc1-2)-c1ccc2c4ccccc4n4cccc4c2c1C3. The lowest BCUT2D eigenvalue weighted by Gasteiger charge is -2.13. The Morgan fingerprint density at radius 3 is 2.32 bits per heavy atom. The third-order valence-corrected chi connectivity index (χ3v) is 7.45. The lowest BCUT2D eigenvalue weighted by Crippen LogP contribution is -1.93. The van der Waals surface area contributed by atoms with E-state index in [-0.39, 0.29) is 0 Å². The molecule has 2 aromatic heterocycles. The summed E-state index contributed by atoms with van der Waals surface area (Å²) in [6.07, 6.45) is 4.28. The summed E-state index contributed by atoms with van der Waals surface area (Å²) in [5, 5.41) is 4.11. The second-order valence-electron chi connectivity index (χ2n) is 8.97. The number of aromatic nitrogens is 1. The maximum atomic E-state index is 2.48. The van der Waals surface area contributed by atoms with E-state index >= 15 is 0 Å². The summed E-state index contributed by atoms with van der Waals surface area (Å²) in [6, 6.07) is 31.8. The highest BCUT2D eigenvalue weighted by Gasteiger charge is 2.27. The third-order valence-electron chi connectivity index (χ3n) is 7.45. The van der Waals surface area contributed by atoms with Gasteiger partial charge in [-0.05, 0) is 87.0 Å². The molecule has 144 valence electrons. The average molecular weight is 393 g/mol. The van der Waals surface area contributed by atoms with Crippen LogP contribution in [0.2, 0.25) is 0 Å². The van der Waals surface area contributed by atoms with Crippen molar-refractivity contribution in [1.82, 2.24) is 4.40 Å². The number of pyridine rings is 1. The van der Waals surface area contributed by atoms with E-state index < -0.39 is 0 Å². The van der Waals surface area contributed by atoms with Gasteiger partial charge >= 0.3 is 0 Å². The van der Waals surface area contributed by atoms with E-state index in [1.165, 1.54) is 71.7 Å². The van der Waals surface area contributed by atoms with Crippen LogP contribution in [-0.4, -0.2) is 4.40 Å². The largest absolute Gasteiger partial charge is 0.316 e. The lowest BCUT2D eigenvalue weighted by molar-refractivity contribution is 1.22. The van der Waals surface area contributed by atoms with Gasteiger partial charge in [0, 0.05) is 17.0 Å². The van der Waals surface area contributed by atoms with Gasteiger partial charge in [0.15, 0.2) is 0 Å². The number of benzene rings is 4. The first-order valence-electron chi connectivity index (χ1n) is 11.0. The predicted octanol–water partition coefficient (Wildman–Crippen LogP) is 7.39. The maximum Gasteiger partial charge on any atom is 0.0538 e. The quantitative estimate of drug-likeness (QED) is 0.237. The number of fused-ring (bicyclic) bond motifs is 13. The molecule has 2 heterocycles. The van der Waals surface area contributed by atoms with E-state index in [4.69, 9.17) is 0 Å². The fraction of sp³-hybridized carbons (Fsp3) is 0.0667. The number of nitrogens with zero attached hydrogens (tertiary/aromatic N) is 1. The molecule has 4 aromatic carbocycles. The van der Waals surface area contributed by atoms with Gasteiger partial charge in [-0.2, -0.15) is 0 Å². The monoisotopic (exact) mass is 393 g/mol. The van der Waals surface area contributed by atoms with Crippen molar-refractivity contribution in [3.05, 3.63) is 113 Å². The van der Waals surface area contributed by atoms with Crippen LogP contribution in [0.4, 0.5) is 0 Å². The molecule has 0 fully saturated rings. The molecule has 0 N–H and O–H groups in total. The van der Waals surface area contributed by atoms with Crippen molar-refractivity contribution in [2.45, 2.75) is 12.8 Å². The molecule has 0 saturated heterocycles. The Kier molecular flexibility index (Phi) is 2.80. The molecule has 0 atom stereocenters. The highest BCUT2D eigenvalue weighted by atomic mass is 14.9. The summed E-state index contributed by atoms with van der Waals surface area (Å²) < 4.78 is 2.36. The molecule has 31 heavy (non-hydrogen) atoms. The zero-order valence-corrected chi connectivity index (χ0v) is 17.0. The fourth-order valence-electron chi connectivity index (χ4n) is 6.13. The highest BCUT2D eigenvalue weighted by Crippen LogP contribution is 2.47. The van der Waals surface area contributed by atoms with E-state index in [0.717, 1.165) is 12.8 Å². The van der Waals surface area contributed by atoms with Gasteiger partial charge in [-0.25, -0.2) is 0 Å².